The first-order chi connectivity index (χ1) is 11.1. The molecule has 0 fully saturated rings. The molecule has 0 radical (unpaired) electrons. The molecule has 0 amide bonds. The summed E-state index contributed by atoms with van der Waals surface area (Å²) in [5.41, 5.74) is 1.09. The maximum Gasteiger partial charge on any atom is 0.264 e. The second-order valence-electron chi connectivity index (χ2n) is 5.64. The molecule has 3 rings (SSSR count). The minimum atomic E-state index is -3.83. The summed E-state index contributed by atoms with van der Waals surface area (Å²) in [6, 6.07) is 9.81. The lowest BCUT2D eigenvalue weighted by Crippen LogP contribution is -2.35. The van der Waals surface area contributed by atoms with E-state index in [1.807, 2.05) is 0 Å². The number of hydrogen-bond acceptors (Lipinski definition) is 4. The molecule has 0 saturated heterocycles. The van der Waals surface area contributed by atoms with Crippen molar-refractivity contribution in [3.05, 3.63) is 53.1 Å². The van der Waals surface area contributed by atoms with Crippen LogP contribution in [0.4, 0.5) is 5.69 Å². The molecule has 2 N–H and O–H groups in total. The molecule has 2 aromatic rings. The van der Waals surface area contributed by atoms with E-state index in [9.17, 15) is 16.8 Å². The Morgan fingerprint density at radius 1 is 1.04 bits per heavy atom. The lowest BCUT2D eigenvalue weighted by molar-refractivity contribution is 0.584. The summed E-state index contributed by atoms with van der Waals surface area (Å²) in [4.78, 5) is 0.0984. The highest BCUT2D eigenvalue weighted by Gasteiger charge is 2.36. The van der Waals surface area contributed by atoms with Crippen molar-refractivity contribution in [2.24, 2.45) is 5.14 Å². The molecule has 24 heavy (non-hydrogen) atoms. The second kappa shape index (κ2) is 5.73. The first-order valence-electron chi connectivity index (χ1n) is 7.06. The van der Waals surface area contributed by atoms with Crippen LogP contribution in [0.2, 0.25) is 5.02 Å². The fourth-order valence-electron chi connectivity index (χ4n) is 2.84. The number of benzene rings is 2. The van der Waals surface area contributed by atoms with E-state index in [4.69, 9.17) is 16.7 Å². The number of sulfonamides is 2. The number of fused-ring (bicyclic) bond motifs is 1. The molecule has 6 nitrogen and oxygen atoms in total. The van der Waals surface area contributed by atoms with Gasteiger partial charge in [-0.2, -0.15) is 0 Å². The van der Waals surface area contributed by atoms with E-state index in [0.29, 0.717) is 22.7 Å². The maximum atomic E-state index is 12.9. The molecule has 0 spiro atoms. The van der Waals surface area contributed by atoms with Gasteiger partial charge in [-0.15, -0.1) is 0 Å². The van der Waals surface area contributed by atoms with Gasteiger partial charge >= 0.3 is 0 Å². The number of halogens is 1. The molecule has 0 saturated carbocycles. The summed E-state index contributed by atoms with van der Waals surface area (Å²) in [7, 11) is -7.61. The van der Waals surface area contributed by atoms with Gasteiger partial charge in [-0.05, 0) is 61.4 Å². The van der Waals surface area contributed by atoms with E-state index in [-0.39, 0.29) is 15.8 Å². The monoisotopic (exact) mass is 386 g/mol. The van der Waals surface area contributed by atoms with E-state index < -0.39 is 20.0 Å². The summed E-state index contributed by atoms with van der Waals surface area (Å²) >= 11 is 5.81. The van der Waals surface area contributed by atoms with Gasteiger partial charge in [-0.25, -0.2) is 22.0 Å². The third kappa shape index (κ3) is 2.90. The first kappa shape index (κ1) is 17.2. The van der Waals surface area contributed by atoms with Crippen LogP contribution in [0.3, 0.4) is 0 Å². The van der Waals surface area contributed by atoms with Crippen molar-refractivity contribution < 1.29 is 16.8 Å². The molecule has 1 aliphatic heterocycles. The average molecular weight is 387 g/mol. The van der Waals surface area contributed by atoms with E-state index in [2.05, 4.69) is 0 Å². The highest BCUT2D eigenvalue weighted by molar-refractivity contribution is 7.93. The highest BCUT2D eigenvalue weighted by atomic mass is 35.5. The van der Waals surface area contributed by atoms with Crippen molar-refractivity contribution in [1.82, 2.24) is 0 Å². The molecule has 1 aliphatic rings. The zero-order valence-corrected chi connectivity index (χ0v) is 15.1. The number of nitrogens with two attached hydrogens (primary N) is 1. The number of rotatable bonds is 3. The van der Waals surface area contributed by atoms with Gasteiger partial charge in [0.05, 0.1) is 15.5 Å². The van der Waals surface area contributed by atoms with E-state index in [0.717, 1.165) is 0 Å². The van der Waals surface area contributed by atoms with Crippen molar-refractivity contribution in [2.75, 3.05) is 4.31 Å². The zero-order valence-electron chi connectivity index (χ0n) is 12.7. The molecule has 2 aromatic carbocycles. The molecular formula is C15H15ClN2O4S2. The fourth-order valence-corrected chi connectivity index (χ4v) is 5.23. The molecule has 128 valence electrons. The summed E-state index contributed by atoms with van der Waals surface area (Å²) in [5.74, 6) is 0. The van der Waals surface area contributed by atoms with Gasteiger partial charge in [0.25, 0.3) is 10.0 Å². The van der Waals surface area contributed by atoms with Crippen LogP contribution in [-0.4, -0.2) is 22.9 Å². The average Bonchev–Trinajstić information content (AvgIpc) is 2.82. The van der Waals surface area contributed by atoms with Gasteiger partial charge in [0.1, 0.15) is 0 Å². The number of primary sulfonamides is 1. The number of hydrogen-bond donors (Lipinski definition) is 1. The maximum absolute atomic E-state index is 12.9. The summed E-state index contributed by atoms with van der Waals surface area (Å²) in [5, 5.41) is 5.58. The van der Waals surface area contributed by atoms with Crippen molar-refractivity contribution >= 4 is 37.3 Å². The van der Waals surface area contributed by atoms with Crippen molar-refractivity contribution in [3.8, 4) is 0 Å². The van der Waals surface area contributed by atoms with Crippen molar-refractivity contribution in [2.45, 2.75) is 29.2 Å². The SMILES string of the molecule is CC1Cc2cc(S(N)(=O)=O)ccc2N1S(=O)(=O)c1ccc(Cl)cc1. The Balaban J connectivity index is 2.10. The van der Waals surface area contributed by atoms with Gasteiger partial charge < -0.3 is 0 Å². The van der Waals surface area contributed by atoms with Crippen LogP contribution in [0, 0.1) is 0 Å². The molecule has 1 heterocycles. The smallest absolute Gasteiger partial charge is 0.263 e. The lowest BCUT2D eigenvalue weighted by Gasteiger charge is -2.24. The Kier molecular flexibility index (Phi) is 4.11. The van der Waals surface area contributed by atoms with E-state index in [1.165, 1.54) is 46.8 Å². The quantitative estimate of drug-likeness (QED) is 0.873. The third-order valence-electron chi connectivity index (χ3n) is 3.90. The summed E-state index contributed by atoms with van der Waals surface area (Å²) < 4.78 is 50.1. The minimum Gasteiger partial charge on any atom is -0.263 e. The Morgan fingerprint density at radius 3 is 2.21 bits per heavy atom. The number of nitrogens with zero attached hydrogens (tertiary/aromatic N) is 1. The van der Waals surface area contributed by atoms with Gasteiger partial charge in [-0.1, -0.05) is 11.6 Å². The molecule has 9 heteroatoms. The van der Waals surface area contributed by atoms with Gasteiger partial charge in [0, 0.05) is 11.1 Å². The van der Waals surface area contributed by atoms with Gasteiger partial charge in [0.2, 0.25) is 10.0 Å². The third-order valence-corrected chi connectivity index (χ3v) is 7.01. The molecular weight excluding hydrogens is 372 g/mol. The molecule has 0 aromatic heterocycles. The molecule has 1 atom stereocenters. The summed E-state index contributed by atoms with van der Waals surface area (Å²) in [6.07, 6.45) is 0.408. The van der Waals surface area contributed by atoms with E-state index in [1.54, 1.807) is 6.92 Å². The van der Waals surface area contributed by atoms with Crippen LogP contribution in [0.15, 0.2) is 52.3 Å². The second-order valence-corrected chi connectivity index (χ2v) is 9.46. The largest absolute Gasteiger partial charge is 0.264 e. The normalized spacial score (nSPS) is 17.8. The van der Waals surface area contributed by atoms with E-state index >= 15 is 0 Å². The molecule has 1 unspecified atom stereocenters. The minimum absolute atomic E-state index is 0.0285. The molecule has 0 aliphatic carbocycles. The van der Waals surface area contributed by atoms with Crippen molar-refractivity contribution in [1.29, 1.82) is 0 Å². The topological polar surface area (TPSA) is 97.5 Å². The Bertz CT molecular complexity index is 1000. The first-order valence-corrected chi connectivity index (χ1v) is 10.4. The number of anilines is 1. The Hall–Kier alpha value is -1.61. The van der Waals surface area contributed by atoms with Crippen LogP contribution in [0.1, 0.15) is 12.5 Å². The predicted octanol–water partition coefficient (Wildman–Crippen LogP) is 2.13. The van der Waals surface area contributed by atoms with Crippen LogP contribution < -0.4 is 9.44 Å². The summed E-state index contributed by atoms with van der Waals surface area (Å²) in [6.45, 7) is 1.77. The van der Waals surface area contributed by atoms with Gasteiger partial charge in [-0.3, -0.25) is 4.31 Å². The predicted molar refractivity (Wildman–Crippen MR) is 92.1 cm³/mol. The fraction of sp³-hybridized carbons (Fsp3) is 0.200. The van der Waals surface area contributed by atoms with Crippen LogP contribution in [-0.2, 0) is 26.5 Å². The van der Waals surface area contributed by atoms with Crippen LogP contribution in [0.5, 0.6) is 0 Å². The van der Waals surface area contributed by atoms with Crippen LogP contribution >= 0.6 is 11.6 Å². The molecule has 0 bridgehead atoms. The zero-order chi connectivity index (χ0) is 17.7. The van der Waals surface area contributed by atoms with Crippen LogP contribution in [0.25, 0.3) is 0 Å². The van der Waals surface area contributed by atoms with Gasteiger partial charge in [0.15, 0.2) is 0 Å². The Labute approximate surface area is 146 Å². The lowest BCUT2D eigenvalue weighted by atomic mass is 10.1. The highest BCUT2D eigenvalue weighted by Crippen LogP contribution is 2.37. The van der Waals surface area contributed by atoms with Crippen molar-refractivity contribution in [3.63, 3.8) is 0 Å². The standard InChI is InChI=1S/C15H15ClN2O4S2/c1-10-8-11-9-14(23(17,19)20)6-7-15(11)18(10)24(21,22)13-4-2-12(16)3-5-13/h2-7,9-10H,8H2,1H3,(H2,17,19,20). The Morgan fingerprint density at radius 2 is 1.62 bits per heavy atom.